The topological polar surface area (TPSA) is 32.8 Å². The van der Waals surface area contributed by atoms with Crippen LogP contribution in [0.15, 0.2) is 24.3 Å². The minimum absolute atomic E-state index is 0.0277. The Hall–Kier alpha value is -0.860. The highest BCUT2D eigenvalue weighted by Crippen LogP contribution is 2.53. The minimum Gasteiger partial charge on any atom is -0.389 e. The summed E-state index contributed by atoms with van der Waals surface area (Å²) in [5, 5.41) is 10.1. The van der Waals surface area contributed by atoms with E-state index >= 15 is 0 Å². The summed E-state index contributed by atoms with van der Waals surface area (Å²) >= 11 is 0. The zero-order valence-corrected chi connectivity index (χ0v) is 8.40. The summed E-state index contributed by atoms with van der Waals surface area (Å²) in [5.41, 5.74) is 2.30. The summed E-state index contributed by atoms with van der Waals surface area (Å²) in [7, 11) is 0. The fourth-order valence-corrected chi connectivity index (χ4v) is 2.52. The van der Waals surface area contributed by atoms with Gasteiger partial charge >= 0.3 is 0 Å². The lowest BCUT2D eigenvalue weighted by Crippen LogP contribution is -2.41. The lowest BCUT2D eigenvalue weighted by Gasteiger charge is -2.34. The van der Waals surface area contributed by atoms with E-state index in [9.17, 15) is 5.11 Å². The molecule has 1 aromatic carbocycles. The molecule has 3 rings (SSSR count). The number of hydrogen-bond acceptors (Lipinski definition) is 2. The summed E-state index contributed by atoms with van der Waals surface area (Å²) < 4.78 is 5.50. The monoisotopic (exact) mass is 190 g/mol. The molecule has 1 aromatic rings. The van der Waals surface area contributed by atoms with E-state index in [1.54, 1.807) is 0 Å². The summed E-state index contributed by atoms with van der Waals surface area (Å²) in [6, 6.07) is 8.26. The van der Waals surface area contributed by atoms with Crippen LogP contribution in [0.25, 0.3) is 0 Å². The number of epoxide rings is 1. The Bertz CT molecular complexity index is 384. The maximum atomic E-state index is 10.1. The average molecular weight is 190 g/mol. The molecule has 0 aromatic heterocycles. The molecule has 0 unspecified atom stereocenters. The van der Waals surface area contributed by atoms with Gasteiger partial charge in [-0.1, -0.05) is 38.1 Å². The molecule has 2 heteroatoms. The molecule has 1 saturated heterocycles. The molecule has 3 atom stereocenters. The van der Waals surface area contributed by atoms with Crippen LogP contribution >= 0.6 is 0 Å². The van der Waals surface area contributed by atoms with Gasteiger partial charge in [0.1, 0.15) is 12.2 Å². The third-order valence-corrected chi connectivity index (χ3v) is 3.54. The van der Waals surface area contributed by atoms with Crippen molar-refractivity contribution in [1.29, 1.82) is 0 Å². The number of ether oxygens (including phenoxy) is 1. The van der Waals surface area contributed by atoms with Gasteiger partial charge in [-0.15, -0.1) is 0 Å². The Morgan fingerprint density at radius 2 is 2.00 bits per heavy atom. The Labute approximate surface area is 83.5 Å². The molecule has 0 spiro atoms. The van der Waals surface area contributed by atoms with E-state index in [-0.39, 0.29) is 23.7 Å². The quantitative estimate of drug-likeness (QED) is 0.632. The average Bonchev–Trinajstić information content (AvgIpc) is 2.95. The van der Waals surface area contributed by atoms with Crippen LogP contribution in [0.5, 0.6) is 0 Å². The molecule has 74 valence electrons. The summed E-state index contributed by atoms with van der Waals surface area (Å²) in [4.78, 5) is 0. The SMILES string of the molecule is CC1(C)c2ccccc2[C@H]2O[C@H]2[C@@H]1O. The molecule has 0 bridgehead atoms. The highest BCUT2D eigenvalue weighted by molar-refractivity contribution is 5.43. The van der Waals surface area contributed by atoms with Crippen molar-refractivity contribution in [2.24, 2.45) is 0 Å². The van der Waals surface area contributed by atoms with E-state index in [0.717, 1.165) is 0 Å². The molecule has 1 fully saturated rings. The third kappa shape index (κ3) is 0.877. The van der Waals surface area contributed by atoms with Crippen LogP contribution in [0.3, 0.4) is 0 Å². The van der Waals surface area contributed by atoms with Gasteiger partial charge in [0, 0.05) is 5.41 Å². The van der Waals surface area contributed by atoms with Crippen LogP contribution in [-0.4, -0.2) is 17.3 Å². The molecule has 2 aliphatic rings. The first kappa shape index (κ1) is 8.45. The van der Waals surface area contributed by atoms with E-state index in [2.05, 4.69) is 26.0 Å². The first-order valence-electron chi connectivity index (χ1n) is 5.05. The fourth-order valence-electron chi connectivity index (χ4n) is 2.52. The van der Waals surface area contributed by atoms with E-state index in [1.165, 1.54) is 11.1 Å². The van der Waals surface area contributed by atoms with Crippen molar-refractivity contribution >= 4 is 0 Å². The Balaban J connectivity index is 2.21. The number of rotatable bonds is 0. The van der Waals surface area contributed by atoms with Crippen molar-refractivity contribution in [3.05, 3.63) is 35.4 Å². The molecule has 1 heterocycles. The first-order valence-corrected chi connectivity index (χ1v) is 5.05. The molecule has 2 nitrogen and oxygen atoms in total. The normalized spacial score (nSPS) is 37.2. The van der Waals surface area contributed by atoms with Gasteiger partial charge in [0.2, 0.25) is 0 Å². The Morgan fingerprint density at radius 3 is 2.79 bits per heavy atom. The van der Waals surface area contributed by atoms with Crippen molar-refractivity contribution in [3.63, 3.8) is 0 Å². The van der Waals surface area contributed by atoms with Crippen molar-refractivity contribution in [2.45, 2.75) is 37.6 Å². The van der Waals surface area contributed by atoms with Crippen molar-refractivity contribution in [3.8, 4) is 0 Å². The fraction of sp³-hybridized carbons (Fsp3) is 0.500. The van der Waals surface area contributed by atoms with E-state index in [1.807, 2.05) is 12.1 Å². The highest BCUT2D eigenvalue weighted by atomic mass is 16.6. The molecular formula is C12H14O2. The van der Waals surface area contributed by atoms with Crippen molar-refractivity contribution in [2.75, 3.05) is 0 Å². The zero-order valence-electron chi connectivity index (χ0n) is 8.40. The van der Waals surface area contributed by atoms with Crippen molar-refractivity contribution < 1.29 is 9.84 Å². The maximum Gasteiger partial charge on any atom is 0.115 e. The highest BCUT2D eigenvalue weighted by Gasteiger charge is 2.56. The van der Waals surface area contributed by atoms with Gasteiger partial charge in [-0.3, -0.25) is 0 Å². The molecule has 1 aliphatic carbocycles. The summed E-state index contributed by atoms with van der Waals surface area (Å²) in [6.45, 7) is 4.16. The number of aliphatic hydroxyl groups excluding tert-OH is 1. The van der Waals surface area contributed by atoms with Crippen LogP contribution < -0.4 is 0 Å². The van der Waals surface area contributed by atoms with Gasteiger partial charge < -0.3 is 9.84 Å². The summed E-state index contributed by atoms with van der Waals surface area (Å²) in [6.07, 6.45) is -0.198. The van der Waals surface area contributed by atoms with Gasteiger partial charge in [0.15, 0.2) is 0 Å². The third-order valence-electron chi connectivity index (χ3n) is 3.54. The number of aliphatic hydroxyl groups is 1. The van der Waals surface area contributed by atoms with Crippen molar-refractivity contribution in [1.82, 2.24) is 0 Å². The van der Waals surface area contributed by atoms with E-state index in [4.69, 9.17) is 4.74 Å². The van der Waals surface area contributed by atoms with Crippen LogP contribution in [0.4, 0.5) is 0 Å². The molecule has 0 amide bonds. The van der Waals surface area contributed by atoms with Crippen LogP contribution in [0.1, 0.15) is 31.1 Å². The Kier molecular flexibility index (Phi) is 1.44. The van der Waals surface area contributed by atoms with Gasteiger partial charge in [0.25, 0.3) is 0 Å². The molecule has 1 aliphatic heterocycles. The Morgan fingerprint density at radius 1 is 1.29 bits per heavy atom. The summed E-state index contributed by atoms with van der Waals surface area (Å²) in [5.74, 6) is 0. The molecule has 0 radical (unpaired) electrons. The van der Waals surface area contributed by atoms with Crippen LogP contribution in [0, 0.1) is 0 Å². The zero-order chi connectivity index (χ0) is 9.92. The lowest BCUT2D eigenvalue weighted by molar-refractivity contribution is 0.0693. The second kappa shape index (κ2) is 2.38. The predicted molar refractivity (Wildman–Crippen MR) is 53.1 cm³/mol. The smallest absolute Gasteiger partial charge is 0.115 e. The number of benzene rings is 1. The van der Waals surface area contributed by atoms with Gasteiger partial charge in [-0.2, -0.15) is 0 Å². The largest absolute Gasteiger partial charge is 0.389 e. The standard InChI is InChI=1S/C12H14O2/c1-12(2)8-6-4-3-5-7(8)9-10(14-9)11(12)13/h3-6,9-11,13H,1-2H3/t9-,10-,11+/m1/s1. The predicted octanol–water partition coefficient (Wildman–Crippen LogP) is 1.78. The van der Waals surface area contributed by atoms with E-state index in [0.29, 0.717) is 0 Å². The van der Waals surface area contributed by atoms with Gasteiger partial charge in [0.05, 0.1) is 6.10 Å². The van der Waals surface area contributed by atoms with Gasteiger partial charge in [-0.05, 0) is 11.1 Å². The van der Waals surface area contributed by atoms with Crippen LogP contribution in [-0.2, 0) is 10.2 Å². The first-order chi connectivity index (χ1) is 6.62. The number of fused-ring (bicyclic) bond motifs is 3. The van der Waals surface area contributed by atoms with Gasteiger partial charge in [-0.25, -0.2) is 0 Å². The molecule has 1 N–H and O–H groups in total. The van der Waals surface area contributed by atoms with Crippen LogP contribution in [0.2, 0.25) is 0 Å². The molecular weight excluding hydrogens is 176 g/mol. The van der Waals surface area contributed by atoms with E-state index < -0.39 is 0 Å². The lowest BCUT2D eigenvalue weighted by atomic mass is 9.71. The molecule has 14 heavy (non-hydrogen) atoms. The minimum atomic E-state index is -0.373. The second-order valence-corrected chi connectivity index (χ2v) is 4.78. The second-order valence-electron chi connectivity index (χ2n) is 4.78. The number of hydrogen-bond donors (Lipinski definition) is 1. The maximum absolute atomic E-state index is 10.1. The molecule has 0 saturated carbocycles.